The van der Waals surface area contributed by atoms with Crippen LogP contribution >= 0.6 is 0 Å². The van der Waals surface area contributed by atoms with E-state index in [1.54, 1.807) is 23.1 Å². The summed E-state index contributed by atoms with van der Waals surface area (Å²) in [6, 6.07) is 15.7. The van der Waals surface area contributed by atoms with E-state index in [-0.39, 0.29) is 35.2 Å². The summed E-state index contributed by atoms with van der Waals surface area (Å²) in [6.45, 7) is 8.53. The quantitative estimate of drug-likeness (QED) is 0.339. The predicted octanol–water partition coefficient (Wildman–Crippen LogP) is 4.82. The first kappa shape index (κ1) is 34.9. The summed E-state index contributed by atoms with van der Waals surface area (Å²) in [4.78, 5) is 30.2. The van der Waals surface area contributed by atoms with E-state index in [0.29, 0.717) is 37.3 Å². The molecule has 6 rings (SSSR count). The monoisotopic (exact) mass is 691 g/mol. The van der Waals surface area contributed by atoms with Crippen molar-refractivity contribution < 1.29 is 27.5 Å². The zero-order valence-corrected chi connectivity index (χ0v) is 28.7. The molecule has 10 nitrogen and oxygen atoms in total. The van der Waals surface area contributed by atoms with Gasteiger partial charge in [0.25, 0.3) is 0 Å². The molecule has 0 spiro atoms. The van der Waals surface area contributed by atoms with Crippen molar-refractivity contribution in [3.63, 3.8) is 0 Å². The maximum Gasteiger partial charge on any atom is 0.404 e. The lowest BCUT2D eigenvalue weighted by Crippen LogP contribution is -2.55. The molecule has 49 heavy (non-hydrogen) atoms. The molecule has 262 valence electrons. The van der Waals surface area contributed by atoms with Gasteiger partial charge >= 0.3 is 6.09 Å². The van der Waals surface area contributed by atoms with Crippen LogP contribution in [0, 0.1) is 34.9 Å². The van der Waals surface area contributed by atoms with Crippen LogP contribution in [0.15, 0.2) is 66.1 Å². The van der Waals surface area contributed by atoms with Gasteiger partial charge in [-0.15, -0.1) is 0 Å². The molecule has 0 bridgehead atoms. The average molecular weight is 692 g/mol. The van der Waals surface area contributed by atoms with E-state index in [2.05, 4.69) is 27.8 Å². The van der Waals surface area contributed by atoms with Crippen LogP contribution < -0.4 is 10.2 Å². The van der Waals surface area contributed by atoms with Crippen molar-refractivity contribution >= 4 is 27.5 Å². The van der Waals surface area contributed by atoms with Crippen LogP contribution in [0.1, 0.15) is 50.5 Å². The predicted molar refractivity (Wildman–Crippen MR) is 184 cm³/mol. The maximum atomic E-state index is 14.5. The van der Waals surface area contributed by atoms with Crippen LogP contribution in [0.2, 0.25) is 0 Å². The number of rotatable bonds is 10. The number of nitrogens with one attached hydrogen (secondary N) is 1. The molecular weight excluding hydrogens is 646 g/mol. The standard InChI is InChI=1S/C37H46FN5O5S/c1-2-35(44)42-17-5-8-32(24-42)49(47,48)31-13-11-30(12-14-31)43-22-26(23-43)21-41-18-15-27(16-19-41)37(25-39,28-6-3-7-29(38)20-28)33-9-4-10-34(33)40-36(45)46/h2-3,6-7,11-14,20,26-27,32-34,40H,1,4-5,8-10,15-19,21-24H2,(H,45,46)/t32?,33-,34-,37-/m0/s1. The topological polar surface area (TPSA) is 134 Å². The van der Waals surface area contributed by atoms with Crippen molar-refractivity contribution in [2.45, 2.75) is 66.5 Å². The Morgan fingerprint density at radius 2 is 1.76 bits per heavy atom. The van der Waals surface area contributed by atoms with E-state index in [9.17, 15) is 32.8 Å². The fourth-order valence-electron chi connectivity index (χ4n) is 8.97. The highest BCUT2D eigenvalue weighted by atomic mass is 32.2. The lowest BCUT2D eigenvalue weighted by molar-refractivity contribution is -0.126. The van der Waals surface area contributed by atoms with E-state index in [4.69, 9.17) is 0 Å². The number of nitrogens with zero attached hydrogens (tertiary/aromatic N) is 4. The molecule has 2 aromatic rings. The molecule has 4 fully saturated rings. The molecule has 12 heteroatoms. The summed E-state index contributed by atoms with van der Waals surface area (Å²) >= 11 is 0. The van der Waals surface area contributed by atoms with Gasteiger partial charge in [-0.2, -0.15) is 5.26 Å². The number of hydrogen-bond donors (Lipinski definition) is 2. The number of likely N-dealkylation sites (tertiary alicyclic amines) is 2. The molecule has 1 aliphatic carbocycles. The Morgan fingerprint density at radius 3 is 2.41 bits per heavy atom. The first-order chi connectivity index (χ1) is 23.5. The van der Waals surface area contributed by atoms with Crippen LogP contribution in [0.5, 0.6) is 0 Å². The zero-order valence-electron chi connectivity index (χ0n) is 27.8. The van der Waals surface area contributed by atoms with Gasteiger partial charge in [-0.1, -0.05) is 25.1 Å². The minimum Gasteiger partial charge on any atom is -0.465 e. The van der Waals surface area contributed by atoms with E-state index in [1.165, 1.54) is 18.2 Å². The van der Waals surface area contributed by atoms with Crippen LogP contribution in [0.3, 0.4) is 0 Å². The first-order valence-electron chi connectivity index (χ1n) is 17.4. The Kier molecular flexibility index (Phi) is 10.3. The third-order valence-corrected chi connectivity index (χ3v) is 13.6. The van der Waals surface area contributed by atoms with Gasteiger partial charge in [0.1, 0.15) is 5.82 Å². The second-order valence-electron chi connectivity index (χ2n) is 14.2. The van der Waals surface area contributed by atoms with Crippen molar-refractivity contribution in [2.75, 3.05) is 50.7 Å². The molecule has 2 N–H and O–H groups in total. The summed E-state index contributed by atoms with van der Waals surface area (Å²) in [6.07, 6.45) is 5.06. The Balaban J connectivity index is 1.05. The molecule has 2 amide bonds. The number of carboxylic acid groups (broad SMARTS) is 1. The Hall–Kier alpha value is -3.95. The van der Waals surface area contributed by atoms with E-state index >= 15 is 0 Å². The number of anilines is 1. The zero-order chi connectivity index (χ0) is 34.8. The molecule has 1 unspecified atom stereocenters. The van der Waals surface area contributed by atoms with Crippen molar-refractivity contribution in [3.8, 4) is 6.07 Å². The van der Waals surface area contributed by atoms with Crippen LogP contribution in [-0.2, 0) is 20.0 Å². The summed E-state index contributed by atoms with van der Waals surface area (Å²) < 4.78 is 41.3. The second kappa shape index (κ2) is 14.5. The molecule has 4 atom stereocenters. The second-order valence-corrected chi connectivity index (χ2v) is 16.5. The van der Waals surface area contributed by atoms with Crippen molar-refractivity contribution in [1.82, 2.24) is 15.1 Å². The van der Waals surface area contributed by atoms with Gasteiger partial charge in [-0.05, 0) is 106 Å². The number of benzene rings is 2. The maximum absolute atomic E-state index is 14.5. The van der Waals surface area contributed by atoms with E-state index < -0.39 is 32.4 Å². The fourth-order valence-corrected chi connectivity index (χ4v) is 10.7. The van der Waals surface area contributed by atoms with Gasteiger partial charge in [0.2, 0.25) is 5.91 Å². The summed E-state index contributed by atoms with van der Waals surface area (Å²) in [5.41, 5.74) is 0.648. The molecule has 3 aliphatic heterocycles. The summed E-state index contributed by atoms with van der Waals surface area (Å²) in [5.74, 6) is -0.424. The molecular formula is C37H46FN5O5S. The van der Waals surface area contributed by atoms with Crippen molar-refractivity contribution in [3.05, 3.63) is 72.6 Å². The van der Waals surface area contributed by atoms with Gasteiger partial charge < -0.3 is 25.1 Å². The third kappa shape index (κ3) is 7.06. The van der Waals surface area contributed by atoms with Crippen molar-refractivity contribution in [2.24, 2.45) is 17.8 Å². The normalized spacial score (nSPS) is 25.2. The smallest absolute Gasteiger partial charge is 0.404 e. The lowest BCUT2D eigenvalue weighted by Gasteiger charge is -2.48. The summed E-state index contributed by atoms with van der Waals surface area (Å²) in [7, 11) is -3.57. The largest absolute Gasteiger partial charge is 0.465 e. The molecule has 2 aromatic carbocycles. The first-order valence-corrected chi connectivity index (χ1v) is 19.0. The highest BCUT2D eigenvalue weighted by Gasteiger charge is 2.52. The SMILES string of the molecule is C=CC(=O)N1CCCC(S(=O)(=O)c2ccc(N3CC(CN4CCC([C@@](C#N)(c5cccc(F)c5)[C@H]5CCC[C@@H]5NC(=O)O)CC4)C3)cc2)C1. The lowest BCUT2D eigenvalue weighted by atomic mass is 9.59. The number of piperidine rings is 2. The molecule has 0 aromatic heterocycles. The summed E-state index contributed by atoms with van der Waals surface area (Å²) in [5, 5.41) is 22.4. The highest BCUT2D eigenvalue weighted by molar-refractivity contribution is 7.92. The van der Waals surface area contributed by atoms with Crippen LogP contribution in [-0.4, -0.2) is 92.4 Å². The molecule has 1 saturated carbocycles. The highest BCUT2D eigenvalue weighted by Crippen LogP contribution is 2.50. The third-order valence-electron chi connectivity index (χ3n) is 11.4. The molecule has 3 heterocycles. The number of carbonyl (C=O) groups is 2. The molecule has 3 saturated heterocycles. The molecule has 4 aliphatic rings. The number of nitriles is 1. The number of carbonyl (C=O) groups excluding carboxylic acids is 1. The Morgan fingerprint density at radius 1 is 1.02 bits per heavy atom. The van der Waals surface area contributed by atoms with Gasteiger partial charge in [0, 0.05) is 56.3 Å². The number of amides is 2. The molecule has 0 radical (unpaired) electrons. The van der Waals surface area contributed by atoms with E-state index in [0.717, 1.165) is 64.1 Å². The number of halogens is 1. The van der Waals surface area contributed by atoms with E-state index in [1.807, 2.05) is 18.2 Å². The van der Waals surface area contributed by atoms with Crippen LogP contribution in [0.4, 0.5) is 14.9 Å². The number of sulfone groups is 1. The minimum absolute atomic E-state index is 0.0245. The van der Waals surface area contributed by atoms with Gasteiger partial charge in [0.05, 0.1) is 21.6 Å². The Bertz CT molecular complexity index is 1680. The van der Waals surface area contributed by atoms with Gasteiger partial charge in [-0.25, -0.2) is 17.6 Å². The Labute approximate surface area is 288 Å². The number of hydrogen-bond acceptors (Lipinski definition) is 7. The van der Waals surface area contributed by atoms with Gasteiger partial charge in [-0.3, -0.25) is 4.79 Å². The minimum atomic E-state index is -3.57. The van der Waals surface area contributed by atoms with Gasteiger partial charge in [0.15, 0.2) is 9.84 Å². The average Bonchev–Trinajstić information content (AvgIpc) is 3.55. The van der Waals surface area contributed by atoms with Crippen molar-refractivity contribution in [1.29, 1.82) is 5.26 Å². The van der Waals surface area contributed by atoms with Crippen LogP contribution in [0.25, 0.3) is 0 Å². The fraction of sp³-hybridized carbons (Fsp3) is 0.541.